The van der Waals surface area contributed by atoms with Crippen molar-refractivity contribution in [2.45, 2.75) is 77.7 Å². The fraction of sp³-hybridized carbons (Fsp3) is 1.00. The van der Waals surface area contributed by atoms with Crippen LogP contribution < -0.4 is 10.6 Å². The van der Waals surface area contributed by atoms with Gasteiger partial charge in [0.15, 0.2) is 0 Å². The van der Waals surface area contributed by atoms with Crippen molar-refractivity contribution >= 4 is 0 Å². The number of hydrogen-bond acceptors (Lipinski definition) is 8. The van der Waals surface area contributed by atoms with Gasteiger partial charge in [-0.3, -0.25) is 10.6 Å². The van der Waals surface area contributed by atoms with Crippen molar-refractivity contribution in [3.8, 4) is 0 Å². The molecule has 0 bridgehead atoms. The Morgan fingerprint density at radius 2 is 1.00 bits per heavy atom. The Bertz CT molecular complexity index is 320. The van der Waals surface area contributed by atoms with Crippen molar-refractivity contribution in [1.82, 2.24) is 10.6 Å². The topological polar surface area (TPSA) is 123 Å². The lowest BCUT2D eigenvalue weighted by Gasteiger charge is -2.29. The standard InChI is InChI=1S/C22H48N2O6/c1-3-5-19(7-9-21(27)23-11-15-29-17-13-25)20(6-4-2)8-10-22(28)24-12-16-30-18-14-26/h19-28H,3-18H2,1-2H3. The van der Waals surface area contributed by atoms with Crippen molar-refractivity contribution in [1.29, 1.82) is 0 Å². The molecule has 4 atom stereocenters. The maximum atomic E-state index is 10.2. The third-order valence-corrected chi connectivity index (χ3v) is 5.33. The molecular formula is C22H48N2O6. The molecule has 0 fully saturated rings. The first-order chi connectivity index (χ1) is 14.6. The monoisotopic (exact) mass is 436 g/mol. The SMILES string of the molecule is CCCC(CCC(O)NCCOCCO)C(CCC)CCC(O)NCCOCCO. The highest BCUT2D eigenvalue weighted by Crippen LogP contribution is 2.31. The van der Waals surface area contributed by atoms with Gasteiger partial charge in [0.25, 0.3) is 0 Å². The van der Waals surface area contributed by atoms with Gasteiger partial charge in [-0.15, -0.1) is 0 Å². The molecule has 4 unspecified atom stereocenters. The molecule has 0 aromatic heterocycles. The van der Waals surface area contributed by atoms with Crippen LogP contribution in [0.5, 0.6) is 0 Å². The molecule has 0 rings (SSSR count). The van der Waals surface area contributed by atoms with Crippen LogP contribution >= 0.6 is 0 Å². The zero-order valence-corrected chi connectivity index (χ0v) is 19.2. The quantitative estimate of drug-likeness (QED) is 0.104. The lowest BCUT2D eigenvalue weighted by molar-refractivity contribution is 0.0654. The minimum atomic E-state index is -0.546. The first kappa shape index (κ1) is 29.7. The van der Waals surface area contributed by atoms with Gasteiger partial charge in [0.2, 0.25) is 0 Å². The van der Waals surface area contributed by atoms with Gasteiger partial charge in [-0.05, 0) is 37.5 Å². The van der Waals surface area contributed by atoms with Crippen LogP contribution in [0, 0.1) is 11.8 Å². The van der Waals surface area contributed by atoms with E-state index in [1.165, 1.54) is 0 Å². The van der Waals surface area contributed by atoms with Crippen molar-refractivity contribution in [3.05, 3.63) is 0 Å². The maximum Gasteiger partial charge on any atom is 0.104 e. The van der Waals surface area contributed by atoms with E-state index in [1.54, 1.807) is 0 Å². The van der Waals surface area contributed by atoms with Gasteiger partial charge in [-0.2, -0.15) is 0 Å². The first-order valence-electron chi connectivity index (χ1n) is 11.8. The van der Waals surface area contributed by atoms with Crippen molar-refractivity contribution < 1.29 is 29.9 Å². The summed E-state index contributed by atoms with van der Waals surface area (Å²) in [5, 5.41) is 44.0. The van der Waals surface area contributed by atoms with E-state index < -0.39 is 12.5 Å². The van der Waals surface area contributed by atoms with Crippen molar-refractivity contribution in [3.63, 3.8) is 0 Å². The molecule has 182 valence electrons. The first-order valence-corrected chi connectivity index (χ1v) is 11.8. The molecule has 0 saturated carbocycles. The van der Waals surface area contributed by atoms with Gasteiger partial charge >= 0.3 is 0 Å². The zero-order valence-electron chi connectivity index (χ0n) is 19.2. The highest BCUT2D eigenvalue weighted by atomic mass is 16.5. The molecule has 0 aromatic rings. The molecular weight excluding hydrogens is 388 g/mol. The van der Waals surface area contributed by atoms with Crippen molar-refractivity contribution in [2.75, 3.05) is 52.7 Å². The smallest absolute Gasteiger partial charge is 0.104 e. The number of rotatable bonds is 23. The Labute approximate surface area is 183 Å². The van der Waals surface area contributed by atoms with Gasteiger partial charge in [0, 0.05) is 13.1 Å². The molecule has 0 aromatic carbocycles. The van der Waals surface area contributed by atoms with E-state index in [1.807, 2.05) is 0 Å². The van der Waals surface area contributed by atoms with E-state index in [4.69, 9.17) is 19.7 Å². The molecule has 0 amide bonds. The summed E-state index contributed by atoms with van der Waals surface area (Å²) in [6.45, 7) is 7.17. The van der Waals surface area contributed by atoms with Gasteiger partial charge in [0.05, 0.1) is 39.6 Å². The lowest BCUT2D eigenvalue weighted by Crippen LogP contribution is -2.34. The summed E-state index contributed by atoms with van der Waals surface area (Å²) in [5.74, 6) is 1.08. The summed E-state index contributed by atoms with van der Waals surface area (Å²) in [6, 6.07) is 0. The highest BCUT2D eigenvalue weighted by molar-refractivity contribution is 4.73. The molecule has 0 spiro atoms. The maximum absolute atomic E-state index is 10.2. The van der Waals surface area contributed by atoms with Crippen LogP contribution in [0.4, 0.5) is 0 Å². The van der Waals surface area contributed by atoms with Crippen LogP contribution in [0.1, 0.15) is 65.2 Å². The van der Waals surface area contributed by atoms with Crippen LogP contribution in [0.3, 0.4) is 0 Å². The minimum Gasteiger partial charge on any atom is -0.394 e. The molecule has 0 radical (unpaired) electrons. The third-order valence-electron chi connectivity index (χ3n) is 5.33. The number of aliphatic hydroxyl groups is 4. The summed E-state index contributed by atoms with van der Waals surface area (Å²) in [6.07, 6.45) is 6.74. The van der Waals surface area contributed by atoms with E-state index in [9.17, 15) is 10.2 Å². The molecule has 0 saturated heterocycles. The Kier molecular flexibility index (Phi) is 21.7. The van der Waals surface area contributed by atoms with E-state index in [0.717, 1.165) is 38.5 Å². The van der Waals surface area contributed by atoms with Crippen molar-refractivity contribution in [2.24, 2.45) is 11.8 Å². The molecule has 30 heavy (non-hydrogen) atoms. The summed E-state index contributed by atoms with van der Waals surface area (Å²) >= 11 is 0. The second-order valence-corrected chi connectivity index (χ2v) is 7.86. The van der Waals surface area contributed by atoms with E-state index >= 15 is 0 Å². The van der Waals surface area contributed by atoms with Crippen LogP contribution in [0.2, 0.25) is 0 Å². The summed E-state index contributed by atoms with van der Waals surface area (Å²) < 4.78 is 10.4. The van der Waals surface area contributed by atoms with Gasteiger partial charge in [-0.1, -0.05) is 39.5 Å². The Morgan fingerprint density at radius 1 is 0.600 bits per heavy atom. The number of nitrogens with one attached hydrogen (secondary N) is 2. The molecule has 0 aliphatic heterocycles. The zero-order chi connectivity index (χ0) is 22.5. The highest BCUT2D eigenvalue weighted by Gasteiger charge is 2.22. The summed E-state index contributed by atoms with van der Waals surface area (Å²) in [4.78, 5) is 0. The molecule has 0 aliphatic carbocycles. The normalized spacial score (nSPS) is 15.8. The number of ether oxygens (including phenoxy) is 2. The molecule has 0 aliphatic rings. The fourth-order valence-corrected chi connectivity index (χ4v) is 3.85. The summed E-state index contributed by atoms with van der Waals surface area (Å²) in [7, 11) is 0. The van der Waals surface area contributed by atoms with Crippen LogP contribution in [0.25, 0.3) is 0 Å². The minimum absolute atomic E-state index is 0.0157. The van der Waals surface area contributed by atoms with E-state index in [0.29, 0.717) is 64.2 Å². The predicted octanol–water partition coefficient (Wildman–Crippen LogP) is 1.21. The Balaban J connectivity index is 4.30. The third kappa shape index (κ3) is 17.4. The van der Waals surface area contributed by atoms with E-state index in [2.05, 4.69) is 24.5 Å². The van der Waals surface area contributed by atoms with Gasteiger partial charge < -0.3 is 29.9 Å². The van der Waals surface area contributed by atoms with E-state index in [-0.39, 0.29) is 13.2 Å². The summed E-state index contributed by atoms with van der Waals surface area (Å²) in [5.41, 5.74) is 0. The van der Waals surface area contributed by atoms with Crippen LogP contribution in [-0.2, 0) is 9.47 Å². The Hall–Kier alpha value is -0.320. The largest absolute Gasteiger partial charge is 0.394 e. The molecule has 8 heteroatoms. The predicted molar refractivity (Wildman–Crippen MR) is 119 cm³/mol. The van der Waals surface area contributed by atoms with Crippen LogP contribution in [-0.4, -0.2) is 85.6 Å². The average Bonchev–Trinajstić information content (AvgIpc) is 2.74. The average molecular weight is 437 g/mol. The number of hydrogen-bond donors (Lipinski definition) is 6. The van der Waals surface area contributed by atoms with Crippen LogP contribution in [0.15, 0.2) is 0 Å². The fourth-order valence-electron chi connectivity index (χ4n) is 3.85. The number of aliphatic hydroxyl groups excluding tert-OH is 4. The Morgan fingerprint density at radius 3 is 1.33 bits per heavy atom. The molecule has 6 N–H and O–H groups in total. The second-order valence-electron chi connectivity index (χ2n) is 7.86. The molecule has 8 nitrogen and oxygen atoms in total. The molecule has 0 heterocycles. The second kappa shape index (κ2) is 21.9. The van der Waals surface area contributed by atoms with Gasteiger partial charge in [0.1, 0.15) is 12.5 Å². The van der Waals surface area contributed by atoms with Gasteiger partial charge in [-0.25, -0.2) is 0 Å². The lowest BCUT2D eigenvalue weighted by atomic mass is 9.79.